The first-order valence-corrected chi connectivity index (χ1v) is 3.96. The molecule has 0 radical (unpaired) electrons. The third-order valence-electron chi connectivity index (χ3n) is 1.52. The molecule has 2 N–H and O–H groups in total. The van der Waals surface area contributed by atoms with Crippen LogP contribution in [0, 0.1) is 0 Å². The van der Waals surface area contributed by atoms with Gasteiger partial charge in [0.1, 0.15) is 0 Å². The standard InChI is InChI=1S/C8H6ClN.CH2O2/c9-7-2-1-6-3-4-10-8(6)5-7;2-1-3/h1-5,10H;1H,(H,2,3). The Balaban J connectivity index is 0.000000251. The second kappa shape index (κ2) is 4.52. The molecule has 1 aromatic heterocycles. The van der Waals surface area contributed by atoms with Crippen molar-refractivity contribution in [2.75, 3.05) is 0 Å². The monoisotopic (exact) mass is 197 g/mol. The Morgan fingerprint density at radius 2 is 2.08 bits per heavy atom. The average Bonchev–Trinajstić information content (AvgIpc) is 2.52. The Morgan fingerprint density at radius 3 is 2.77 bits per heavy atom. The fourth-order valence-electron chi connectivity index (χ4n) is 1.02. The number of rotatable bonds is 0. The first-order chi connectivity index (χ1) is 6.27. The molecule has 4 heteroatoms. The van der Waals surface area contributed by atoms with Gasteiger partial charge in [-0.3, -0.25) is 4.79 Å². The molecule has 0 saturated carbocycles. The second-order valence-corrected chi connectivity index (χ2v) is 2.75. The van der Waals surface area contributed by atoms with E-state index >= 15 is 0 Å². The van der Waals surface area contributed by atoms with Gasteiger partial charge in [0.15, 0.2) is 0 Å². The van der Waals surface area contributed by atoms with Crippen LogP contribution in [0.2, 0.25) is 5.02 Å². The van der Waals surface area contributed by atoms with Crippen molar-refractivity contribution < 1.29 is 9.90 Å². The van der Waals surface area contributed by atoms with Crippen LogP contribution in [0.3, 0.4) is 0 Å². The van der Waals surface area contributed by atoms with E-state index in [4.69, 9.17) is 21.5 Å². The quantitative estimate of drug-likeness (QED) is 0.638. The highest BCUT2D eigenvalue weighted by atomic mass is 35.5. The Hall–Kier alpha value is -1.48. The lowest BCUT2D eigenvalue weighted by Gasteiger charge is -1.88. The van der Waals surface area contributed by atoms with Gasteiger partial charge in [-0.1, -0.05) is 17.7 Å². The van der Waals surface area contributed by atoms with Crippen molar-refractivity contribution in [3.8, 4) is 0 Å². The van der Waals surface area contributed by atoms with Crippen molar-refractivity contribution in [3.05, 3.63) is 35.5 Å². The summed E-state index contributed by atoms with van der Waals surface area (Å²) in [5, 5.41) is 8.86. The second-order valence-electron chi connectivity index (χ2n) is 2.31. The number of hydrogen-bond donors (Lipinski definition) is 2. The van der Waals surface area contributed by atoms with Crippen LogP contribution < -0.4 is 0 Å². The van der Waals surface area contributed by atoms with Crippen LogP contribution in [-0.4, -0.2) is 16.6 Å². The van der Waals surface area contributed by atoms with Gasteiger partial charge in [-0.05, 0) is 23.6 Å². The summed E-state index contributed by atoms with van der Waals surface area (Å²) in [5.74, 6) is 0. The first-order valence-electron chi connectivity index (χ1n) is 3.58. The maximum absolute atomic E-state index is 8.36. The van der Waals surface area contributed by atoms with Crippen molar-refractivity contribution in [1.29, 1.82) is 0 Å². The fourth-order valence-corrected chi connectivity index (χ4v) is 1.19. The van der Waals surface area contributed by atoms with Gasteiger partial charge in [-0.25, -0.2) is 0 Å². The van der Waals surface area contributed by atoms with Gasteiger partial charge < -0.3 is 10.1 Å². The fraction of sp³-hybridized carbons (Fsp3) is 0. The molecule has 0 aliphatic rings. The third kappa shape index (κ3) is 2.49. The molecule has 0 fully saturated rings. The zero-order valence-corrected chi connectivity index (χ0v) is 7.45. The predicted octanol–water partition coefficient (Wildman–Crippen LogP) is 2.52. The highest BCUT2D eigenvalue weighted by molar-refractivity contribution is 6.31. The van der Waals surface area contributed by atoms with E-state index in [1.807, 2.05) is 30.5 Å². The van der Waals surface area contributed by atoms with Crippen LogP contribution in [-0.2, 0) is 4.79 Å². The molecule has 0 bridgehead atoms. The molecule has 2 rings (SSSR count). The van der Waals surface area contributed by atoms with Gasteiger partial charge in [0.05, 0.1) is 0 Å². The maximum atomic E-state index is 8.36. The number of carbonyl (C=O) groups is 1. The highest BCUT2D eigenvalue weighted by Gasteiger charge is 1.92. The smallest absolute Gasteiger partial charge is 0.290 e. The van der Waals surface area contributed by atoms with E-state index < -0.39 is 0 Å². The molecule has 0 saturated heterocycles. The molecule has 1 aromatic carbocycles. The van der Waals surface area contributed by atoms with Gasteiger partial charge in [-0.15, -0.1) is 0 Å². The van der Waals surface area contributed by atoms with Crippen LogP contribution in [0.25, 0.3) is 10.9 Å². The van der Waals surface area contributed by atoms with Crippen molar-refractivity contribution in [2.24, 2.45) is 0 Å². The Labute approximate surface area is 80.0 Å². The van der Waals surface area contributed by atoms with Crippen molar-refractivity contribution in [1.82, 2.24) is 4.98 Å². The van der Waals surface area contributed by atoms with Gasteiger partial charge in [0.25, 0.3) is 6.47 Å². The molecule has 0 aliphatic carbocycles. The number of hydrogen-bond acceptors (Lipinski definition) is 1. The summed E-state index contributed by atoms with van der Waals surface area (Å²) in [4.78, 5) is 11.4. The molecule has 68 valence electrons. The Kier molecular flexibility index (Phi) is 3.34. The average molecular weight is 198 g/mol. The van der Waals surface area contributed by atoms with Crippen molar-refractivity contribution >= 4 is 29.0 Å². The molecule has 0 amide bonds. The third-order valence-corrected chi connectivity index (χ3v) is 1.75. The molecular weight excluding hydrogens is 190 g/mol. The van der Waals surface area contributed by atoms with Crippen molar-refractivity contribution in [3.63, 3.8) is 0 Å². The molecular formula is C9H8ClNO2. The molecule has 13 heavy (non-hydrogen) atoms. The number of benzene rings is 1. The van der Waals surface area contributed by atoms with E-state index in [9.17, 15) is 0 Å². The number of fused-ring (bicyclic) bond motifs is 1. The molecule has 2 aromatic rings. The van der Waals surface area contributed by atoms with E-state index in [-0.39, 0.29) is 6.47 Å². The highest BCUT2D eigenvalue weighted by Crippen LogP contribution is 2.16. The Morgan fingerprint density at radius 1 is 1.38 bits per heavy atom. The van der Waals surface area contributed by atoms with E-state index in [0.29, 0.717) is 0 Å². The topological polar surface area (TPSA) is 53.1 Å². The van der Waals surface area contributed by atoms with Gasteiger partial charge in [0, 0.05) is 16.7 Å². The number of aromatic nitrogens is 1. The summed E-state index contributed by atoms with van der Waals surface area (Å²) in [6, 6.07) is 7.81. The number of halogens is 1. The lowest BCUT2D eigenvalue weighted by molar-refractivity contribution is -0.122. The first kappa shape index (κ1) is 9.61. The molecule has 0 unspecified atom stereocenters. The zero-order chi connectivity index (χ0) is 9.68. The Bertz CT molecular complexity index is 397. The summed E-state index contributed by atoms with van der Waals surface area (Å²) >= 11 is 5.76. The van der Waals surface area contributed by atoms with Crippen LogP contribution >= 0.6 is 11.6 Å². The molecule has 3 nitrogen and oxygen atoms in total. The number of carboxylic acid groups (broad SMARTS) is 1. The van der Waals surface area contributed by atoms with Gasteiger partial charge in [0.2, 0.25) is 0 Å². The van der Waals surface area contributed by atoms with Crippen molar-refractivity contribution in [2.45, 2.75) is 0 Å². The SMILES string of the molecule is Clc1ccc2cc[nH]c2c1.O=CO. The van der Waals surface area contributed by atoms with Gasteiger partial charge in [-0.2, -0.15) is 0 Å². The van der Waals surface area contributed by atoms with Crippen LogP contribution in [0.1, 0.15) is 0 Å². The maximum Gasteiger partial charge on any atom is 0.290 e. The summed E-state index contributed by atoms with van der Waals surface area (Å²) in [6.45, 7) is -0.250. The number of H-pyrrole nitrogens is 1. The zero-order valence-electron chi connectivity index (χ0n) is 6.70. The molecule has 0 aliphatic heterocycles. The van der Waals surface area contributed by atoms with E-state index in [1.165, 1.54) is 5.39 Å². The molecule has 0 atom stereocenters. The summed E-state index contributed by atoms with van der Waals surface area (Å²) in [7, 11) is 0. The van der Waals surface area contributed by atoms with Crippen LogP contribution in [0.4, 0.5) is 0 Å². The largest absolute Gasteiger partial charge is 0.483 e. The van der Waals surface area contributed by atoms with Gasteiger partial charge >= 0.3 is 0 Å². The van der Waals surface area contributed by atoms with E-state index in [2.05, 4.69) is 4.98 Å². The lowest BCUT2D eigenvalue weighted by Crippen LogP contribution is -1.65. The lowest BCUT2D eigenvalue weighted by atomic mass is 10.2. The minimum atomic E-state index is -0.250. The summed E-state index contributed by atoms with van der Waals surface area (Å²) in [6.07, 6.45) is 1.90. The van der Waals surface area contributed by atoms with Crippen LogP contribution in [0.5, 0.6) is 0 Å². The predicted molar refractivity (Wildman–Crippen MR) is 52.0 cm³/mol. The molecule has 0 spiro atoms. The number of aromatic amines is 1. The van der Waals surface area contributed by atoms with Crippen LogP contribution in [0.15, 0.2) is 30.5 Å². The minimum absolute atomic E-state index is 0.250. The normalized spacial score (nSPS) is 9.00. The summed E-state index contributed by atoms with van der Waals surface area (Å²) < 4.78 is 0. The molecule has 1 heterocycles. The minimum Gasteiger partial charge on any atom is -0.483 e. The van der Waals surface area contributed by atoms with E-state index in [1.54, 1.807) is 0 Å². The summed E-state index contributed by atoms with van der Waals surface area (Å²) in [5.41, 5.74) is 1.09. The van der Waals surface area contributed by atoms with E-state index in [0.717, 1.165) is 10.5 Å². The number of nitrogens with one attached hydrogen (secondary N) is 1.